The first-order chi connectivity index (χ1) is 9.35. The number of thioether (sulfide) groups is 1. The third-order valence-electron chi connectivity index (χ3n) is 3.85. The van der Waals surface area contributed by atoms with Crippen molar-refractivity contribution in [2.75, 3.05) is 18.8 Å². The van der Waals surface area contributed by atoms with Gasteiger partial charge >= 0.3 is 0 Å². The molecule has 1 saturated heterocycles. The van der Waals surface area contributed by atoms with Crippen molar-refractivity contribution in [1.82, 2.24) is 15.3 Å². The van der Waals surface area contributed by atoms with Gasteiger partial charge < -0.3 is 10.3 Å². The van der Waals surface area contributed by atoms with Gasteiger partial charge in [-0.05, 0) is 56.0 Å². The van der Waals surface area contributed by atoms with Crippen LogP contribution in [0.1, 0.15) is 25.3 Å². The molecule has 1 fully saturated rings. The molecule has 0 amide bonds. The Kier molecular flexibility index (Phi) is 4.09. The minimum absolute atomic E-state index is 0.839. The van der Waals surface area contributed by atoms with E-state index in [1.54, 1.807) is 0 Å². The summed E-state index contributed by atoms with van der Waals surface area (Å²) in [7, 11) is 0. The number of imidazole rings is 1. The van der Waals surface area contributed by atoms with Crippen LogP contribution in [0.25, 0.3) is 11.0 Å². The molecule has 0 bridgehead atoms. The Hall–Kier alpha value is -1.00. The highest BCUT2D eigenvalue weighted by atomic mass is 32.2. The lowest BCUT2D eigenvalue weighted by molar-refractivity contribution is 0.407. The van der Waals surface area contributed by atoms with Crippen LogP contribution >= 0.6 is 11.8 Å². The number of H-pyrrole nitrogens is 1. The van der Waals surface area contributed by atoms with E-state index in [1.165, 1.54) is 42.8 Å². The predicted molar refractivity (Wildman–Crippen MR) is 81.8 cm³/mol. The van der Waals surface area contributed by atoms with Crippen LogP contribution in [0, 0.1) is 5.92 Å². The fraction of sp³-hybridized carbons (Fsp3) is 0.533. The smallest absolute Gasteiger partial charge is 0.166 e. The van der Waals surface area contributed by atoms with Crippen molar-refractivity contribution in [2.24, 2.45) is 5.92 Å². The quantitative estimate of drug-likeness (QED) is 0.842. The van der Waals surface area contributed by atoms with Gasteiger partial charge in [0.05, 0.1) is 11.0 Å². The van der Waals surface area contributed by atoms with Crippen molar-refractivity contribution in [3.8, 4) is 0 Å². The Morgan fingerprint density at radius 3 is 2.95 bits per heavy atom. The van der Waals surface area contributed by atoms with Gasteiger partial charge in [-0.15, -0.1) is 0 Å². The number of rotatable bonds is 4. The average molecular weight is 275 g/mol. The van der Waals surface area contributed by atoms with E-state index in [0.717, 1.165) is 23.0 Å². The lowest BCUT2D eigenvalue weighted by atomic mass is 10.0. The van der Waals surface area contributed by atoms with E-state index in [9.17, 15) is 0 Å². The Labute approximate surface area is 118 Å². The summed E-state index contributed by atoms with van der Waals surface area (Å²) in [6.45, 7) is 4.53. The lowest BCUT2D eigenvalue weighted by Crippen LogP contribution is -2.28. The van der Waals surface area contributed by atoms with Crippen molar-refractivity contribution in [1.29, 1.82) is 0 Å². The van der Waals surface area contributed by atoms with Gasteiger partial charge in [-0.3, -0.25) is 0 Å². The molecule has 102 valence electrons. The topological polar surface area (TPSA) is 40.7 Å². The minimum atomic E-state index is 0.839. The van der Waals surface area contributed by atoms with Crippen LogP contribution < -0.4 is 5.32 Å². The maximum Gasteiger partial charge on any atom is 0.166 e. The monoisotopic (exact) mass is 275 g/mol. The molecule has 0 radical (unpaired) electrons. The zero-order valence-electron chi connectivity index (χ0n) is 11.4. The minimum Gasteiger partial charge on any atom is -0.333 e. The zero-order valence-corrected chi connectivity index (χ0v) is 12.2. The second kappa shape index (κ2) is 5.97. The summed E-state index contributed by atoms with van der Waals surface area (Å²) in [5, 5.41) is 4.49. The summed E-state index contributed by atoms with van der Waals surface area (Å²) in [4.78, 5) is 8.11. The molecule has 1 aliphatic heterocycles. The number of fused-ring (bicyclic) bond motifs is 1. The first-order valence-electron chi connectivity index (χ1n) is 7.17. The molecule has 1 aromatic heterocycles. The van der Waals surface area contributed by atoms with E-state index in [1.807, 2.05) is 11.8 Å². The molecule has 0 atom stereocenters. The molecule has 0 saturated carbocycles. The van der Waals surface area contributed by atoms with Crippen LogP contribution in [0.5, 0.6) is 0 Å². The van der Waals surface area contributed by atoms with E-state index < -0.39 is 0 Å². The SMILES string of the molecule is CCc1ccc2nc(SCC3CCNCC3)[nH]c2c1. The van der Waals surface area contributed by atoms with Crippen LogP contribution in [0.4, 0.5) is 0 Å². The molecule has 2 aromatic rings. The van der Waals surface area contributed by atoms with Crippen LogP contribution in [0.3, 0.4) is 0 Å². The van der Waals surface area contributed by atoms with Gasteiger partial charge in [0.2, 0.25) is 0 Å². The fourth-order valence-electron chi connectivity index (χ4n) is 2.57. The van der Waals surface area contributed by atoms with Gasteiger partial charge in [0, 0.05) is 5.75 Å². The van der Waals surface area contributed by atoms with Crippen molar-refractivity contribution in [3.63, 3.8) is 0 Å². The van der Waals surface area contributed by atoms with Crippen molar-refractivity contribution in [3.05, 3.63) is 23.8 Å². The molecule has 3 rings (SSSR count). The maximum atomic E-state index is 4.66. The predicted octanol–water partition coefficient (Wildman–Crippen LogP) is 3.22. The number of benzene rings is 1. The fourth-order valence-corrected chi connectivity index (χ4v) is 3.64. The summed E-state index contributed by atoms with van der Waals surface area (Å²) in [6.07, 6.45) is 3.67. The molecule has 4 heteroatoms. The summed E-state index contributed by atoms with van der Waals surface area (Å²) in [6, 6.07) is 6.51. The second-order valence-corrected chi connectivity index (χ2v) is 6.26. The molecule has 0 unspecified atom stereocenters. The summed E-state index contributed by atoms with van der Waals surface area (Å²) in [5.74, 6) is 2.02. The molecule has 3 nitrogen and oxygen atoms in total. The number of aromatic nitrogens is 2. The van der Waals surface area contributed by atoms with E-state index in [2.05, 4.69) is 40.4 Å². The number of piperidine rings is 1. The first-order valence-corrected chi connectivity index (χ1v) is 8.16. The van der Waals surface area contributed by atoms with Crippen molar-refractivity contribution < 1.29 is 0 Å². The number of nitrogens with one attached hydrogen (secondary N) is 2. The summed E-state index contributed by atoms with van der Waals surface area (Å²) >= 11 is 1.87. The Balaban J connectivity index is 1.67. The van der Waals surface area contributed by atoms with E-state index in [4.69, 9.17) is 0 Å². The van der Waals surface area contributed by atoms with Gasteiger partial charge in [0.25, 0.3) is 0 Å². The van der Waals surface area contributed by atoms with E-state index in [-0.39, 0.29) is 0 Å². The van der Waals surface area contributed by atoms with Crippen LogP contribution in [-0.4, -0.2) is 28.8 Å². The summed E-state index contributed by atoms with van der Waals surface area (Å²) in [5.41, 5.74) is 3.63. The molecule has 0 spiro atoms. The van der Waals surface area contributed by atoms with Gasteiger partial charge in [-0.1, -0.05) is 24.8 Å². The third kappa shape index (κ3) is 3.12. The molecular formula is C15H21N3S. The zero-order chi connectivity index (χ0) is 13.1. The number of hydrogen-bond acceptors (Lipinski definition) is 3. The number of hydrogen-bond donors (Lipinski definition) is 2. The number of aromatic amines is 1. The number of nitrogens with zero attached hydrogens (tertiary/aromatic N) is 1. The average Bonchev–Trinajstić information content (AvgIpc) is 2.88. The third-order valence-corrected chi connectivity index (χ3v) is 4.95. The maximum absolute atomic E-state index is 4.66. The second-order valence-electron chi connectivity index (χ2n) is 5.25. The highest BCUT2D eigenvalue weighted by molar-refractivity contribution is 7.99. The van der Waals surface area contributed by atoms with E-state index in [0.29, 0.717) is 0 Å². The van der Waals surface area contributed by atoms with Gasteiger partial charge in [0.15, 0.2) is 5.16 Å². The standard InChI is InChI=1S/C15H21N3S/c1-2-11-3-4-13-14(9-11)18-15(17-13)19-10-12-5-7-16-8-6-12/h3-4,9,12,16H,2,5-8,10H2,1H3,(H,17,18). The number of aryl methyl sites for hydroxylation is 1. The van der Waals surface area contributed by atoms with E-state index >= 15 is 0 Å². The Morgan fingerprint density at radius 2 is 2.16 bits per heavy atom. The van der Waals surface area contributed by atoms with Crippen LogP contribution in [0.15, 0.2) is 23.4 Å². The Bertz CT molecular complexity index is 543. The van der Waals surface area contributed by atoms with Crippen molar-refractivity contribution >= 4 is 22.8 Å². The van der Waals surface area contributed by atoms with Gasteiger partial charge in [0.1, 0.15) is 0 Å². The first kappa shape index (κ1) is 13.0. The molecule has 1 aromatic carbocycles. The van der Waals surface area contributed by atoms with Crippen LogP contribution in [-0.2, 0) is 6.42 Å². The molecule has 0 aliphatic carbocycles. The highest BCUT2D eigenvalue weighted by Gasteiger charge is 2.14. The molecular weight excluding hydrogens is 254 g/mol. The highest BCUT2D eigenvalue weighted by Crippen LogP contribution is 2.25. The molecule has 19 heavy (non-hydrogen) atoms. The van der Waals surface area contributed by atoms with Crippen LogP contribution in [0.2, 0.25) is 0 Å². The lowest BCUT2D eigenvalue weighted by Gasteiger charge is -2.21. The molecule has 2 N–H and O–H groups in total. The molecule has 2 heterocycles. The Morgan fingerprint density at radius 1 is 1.32 bits per heavy atom. The largest absolute Gasteiger partial charge is 0.333 e. The normalized spacial score (nSPS) is 17.1. The molecule has 1 aliphatic rings. The van der Waals surface area contributed by atoms with Gasteiger partial charge in [-0.25, -0.2) is 4.98 Å². The van der Waals surface area contributed by atoms with Gasteiger partial charge in [-0.2, -0.15) is 0 Å². The van der Waals surface area contributed by atoms with Crippen molar-refractivity contribution in [2.45, 2.75) is 31.3 Å². The summed E-state index contributed by atoms with van der Waals surface area (Å²) < 4.78 is 0.